The van der Waals surface area contributed by atoms with E-state index in [0.29, 0.717) is 5.69 Å². The van der Waals surface area contributed by atoms with Crippen molar-refractivity contribution in [2.45, 2.75) is 36.7 Å². The molecular weight excluding hydrogens is 689 g/mol. The van der Waals surface area contributed by atoms with Crippen molar-refractivity contribution in [2.75, 3.05) is 22.5 Å². The van der Waals surface area contributed by atoms with Gasteiger partial charge in [-0.2, -0.15) is 8.42 Å². The smallest absolute Gasteiger partial charge is 0.412 e. The highest BCUT2D eigenvalue weighted by Crippen LogP contribution is 2.62. The van der Waals surface area contributed by atoms with Crippen molar-refractivity contribution in [3.05, 3.63) is 148 Å². The Morgan fingerprint density at radius 2 is 1.51 bits per heavy atom. The molecule has 7 rings (SSSR count). The van der Waals surface area contributed by atoms with E-state index in [0.717, 1.165) is 39.2 Å². The average molecular weight is 725 g/mol. The summed E-state index contributed by atoms with van der Waals surface area (Å²) in [6.45, 7) is 4.25. The van der Waals surface area contributed by atoms with Crippen LogP contribution in [0.4, 0.5) is 16.2 Å². The molecule has 0 atom stereocenters. The van der Waals surface area contributed by atoms with E-state index in [1.807, 2.05) is 85.5 Å². The summed E-state index contributed by atoms with van der Waals surface area (Å²) >= 11 is 0. The van der Waals surface area contributed by atoms with E-state index in [-0.39, 0.29) is 28.3 Å². The molecule has 262 valence electrons. The highest BCUT2D eigenvalue weighted by atomic mass is 32.3. The topological polar surface area (TPSA) is 153 Å². The van der Waals surface area contributed by atoms with Gasteiger partial charge in [0, 0.05) is 45.7 Å². The zero-order valence-corrected chi connectivity index (χ0v) is 29.4. The van der Waals surface area contributed by atoms with Crippen LogP contribution in [0.3, 0.4) is 0 Å². The molecule has 0 unspecified atom stereocenters. The average Bonchev–Trinajstić information content (AvgIpc) is 3.59. The summed E-state index contributed by atoms with van der Waals surface area (Å²) in [5.74, 6) is -0.864. The van der Waals surface area contributed by atoms with Crippen molar-refractivity contribution in [2.24, 2.45) is 0 Å². The number of hydrogen-bond acceptors (Lipinski definition) is 8. The van der Waals surface area contributed by atoms with Gasteiger partial charge in [-0.1, -0.05) is 86.7 Å². The van der Waals surface area contributed by atoms with Gasteiger partial charge in [0.05, 0.1) is 10.6 Å². The van der Waals surface area contributed by atoms with Crippen molar-refractivity contribution in [3.63, 3.8) is 0 Å². The maximum atomic E-state index is 13.3. The van der Waals surface area contributed by atoms with Gasteiger partial charge < -0.3 is 9.64 Å². The Morgan fingerprint density at radius 3 is 2.16 bits per heavy atom. The number of carbonyl (C=O) groups excluding carboxylic acids is 2. The molecule has 12 heteroatoms. The number of Topliss-reactive ketones (excluding diaryl/α,β-unsaturated/α-hetero) is 1. The second kappa shape index (κ2) is 13.0. The van der Waals surface area contributed by atoms with Gasteiger partial charge >= 0.3 is 6.09 Å². The Morgan fingerprint density at radius 1 is 0.902 bits per heavy atom. The number of anilines is 2. The van der Waals surface area contributed by atoms with Crippen LogP contribution in [0.2, 0.25) is 0 Å². The van der Waals surface area contributed by atoms with Gasteiger partial charge in [-0.25, -0.2) is 4.79 Å². The van der Waals surface area contributed by atoms with Crippen LogP contribution in [0, 0.1) is 0 Å². The number of fused-ring (bicyclic) bond motifs is 5. The van der Waals surface area contributed by atoms with Gasteiger partial charge in [-0.3, -0.25) is 23.8 Å². The maximum Gasteiger partial charge on any atom is 0.412 e. The lowest BCUT2D eigenvalue weighted by molar-refractivity contribution is 0.104. The quantitative estimate of drug-likeness (QED) is 0.103. The summed E-state index contributed by atoms with van der Waals surface area (Å²) in [5.41, 5.74) is 6.44. The lowest BCUT2D eigenvalue weighted by Gasteiger charge is -2.28. The molecular formula is C39H36N2O8S2. The van der Waals surface area contributed by atoms with E-state index in [1.165, 1.54) is 12.1 Å². The van der Waals surface area contributed by atoms with Crippen LogP contribution in [0.15, 0.2) is 131 Å². The summed E-state index contributed by atoms with van der Waals surface area (Å²) in [6, 6.07) is 27.6. The highest BCUT2D eigenvalue weighted by molar-refractivity contribution is 8.28. The number of nitrogens with one attached hydrogen (secondary N) is 1. The third kappa shape index (κ3) is 6.30. The fourth-order valence-electron chi connectivity index (χ4n) is 7.13. The van der Waals surface area contributed by atoms with Crippen LogP contribution >= 0.6 is 10.6 Å². The van der Waals surface area contributed by atoms with Crippen LogP contribution < -0.4 is 10.2 Å². The van der Waals surface area contributed by atoms with Gasteiger partial charge in [0.1, 0.15) is 4.91 Å². The van der Waals surface area contributed by atoms with Gasteiger partial charge in [0.15, 0.2) is 6.10 Å². The largest absolute Gasteiger partial charge is 0.436 e. The van der Waals surface area contributed by atoms with Crippen molar-refractivity contribution < 1.29 is 36.4 Å². The predicted molar refractivity (Wildman–Crippen MR) is 199 cm³/mol. The molecule has 4 aromatic rings. The fraction of sp³-hybridized carbons (Fsp3) is 0.179. The van der Waals surface area contributed by atoms with Crippen LogP contribution in [-0.4, -0.2) is 46.3 Å². The summed E-state index contributed by atoms with van der Waals surface area (Å²) in [4.78, 5) is 28.3. The van der Waals surface area contributed by atoms with Gasteiger partial charge in [-0.05, 0) is 65.6 Å². The van der Waals surface area contributed by atoms with E-state index in [1.54, 1.807) is 36.4 Å². The molecule has 1 amide bonds. The van der Waals surface area contributed by atoms with Crippen LogP contribution in [0.25, 0.3) is 11.1 Å². The second-order valence-electron chi connectivity index (χ2n) is 13.1. The first-order valence-electron chi connectivity index (χ1n) is 16.3. The highest BCUT2D eigenvalue weighted by Gasteiger charge is 2.41. The Bertz CT molecular complexity index is 2250. The molecule has 0 spiro atoms. The van der Waals surface area contributed by atoms with Gasteiger partial charge in [0.2, 0.25) is 5.78 Å². The van der Waals surface area contributed by atoms with Gasteiger partial charge in [0.25, 0.3) is 10.1 Å². The minimum absolute atomic E-state index is 0.0930. The number of amides is 1. The molecule has 51 heavy (non-hydrogen) atoms. The molecule has 0 fully saturated rings. The monoisotopic (exact) mass is 724 g/mol. The minimum atomic E-state index is -4.18. The summed E-state index contributed by atoms with van der Waals surface area (Å²) in [5, 5.41) is 2.88. The second-order valence-corrected chi connectivity index (χ2v) is 16.6. The summed E-state index contributed by atoms with van der Waals surface area (Å²) in [7, 11) is -7.63. The summed E-state index contributed by atoms with van der Waals surface area (Å²) in [6.07, 6.45) is 5.44. The maximum absolute atomic E-state index is 13.3. The van der Waals surface area contributed by atoms with Crippen molar-refractivity contribution in [1.82, 2.24) is 0 Å². The molecule has 10 nitrogen and oxygen atoms in total. The lowest BCUT2D eigenvalue weighted by Crippen LogP contribution is -2.28. The first-order valence-corrected chi connectivity index (χ1v) is 19.5. The minimum Gasteiger partial charge on any atom is -0.436 e. The summed E-state index contributed by atoms with van der Waals surface area (Å²) < 4.78 is 60.2. The Balaban J connectivity index is 1.15. The molecule has 4 aromatic carbocycles. The molecule has 2 heterocycles. The Hall–Kier alpha value is -4.98. The van der Waals surface area contributed by atoms with E-state index in [4.69, 9.17) is 4.74 Å². The zero-order chi connectivity index (χ0) is 36.1. The number of benzene rings is 4. The molecule has 0 saturated carbocycles. The predicted octanol–water partition coefficient (Wildman–Crippen LogP) is 8.71. The molecule has 0 aromatic heterocycles. The third-order valence-corrected chi connectivity index (χ3v) is 12.2. The number of nitrogens with zero attached hydrogens (tertiary/aromatic N) is 1. The number of allylic oxidation sites excluding steroid dienone is 6. The first kappa shape index (κ1) is 34.5. The van der Waals surface area contributed by atoms with Crippen LogP contribution in [0.5, 0.6) is 0 Å². The van der Waals surface area contributed by atoms with Gasteiger partial charge in [-0.15, -0.1) is 10.6 Å². The number of rotatable bonds is 8. The lowest BCUT2D eigenvalue weighted by atomic mass is 9.83. The zero-order valence-electron chi connectivity index (χ0n) is 27.8. The van der Waals surface area contributed by atoms with Crippen LogP contribution in [0.1, 0.15) is 53.4 Å². The number of hydrogen-bond donors (Lipinski definition) is 4. The molecule has 1 aliphatic carbocycles. The van der Waals surface area contributed by atoms with Crippen molar-refractivity contribution in [1.29, 1.82) is 0 Å². The number of ether oxygens (including phenoxy) is 1. The van der Waals surface area contributed by atoms with E-state index >= 15 is 0 Å². The Labute approximate surface area is 297 Å². The van der Waals surface area contributed by atoms with E-state index in [9.17, 15) is 31.7 Å². The van der Waals surface area contributed by atoms with E-state index in [2.05, 4.69) is 5.32 Å². The fourth-order valence-corrected chi connectivity index (χ4v) is 9.24. The molecule has 3 aliphatic rings. The normalized spacial score (nSPS) is 19.2. The van der Waals surface area contributed by atoms with Crippen molar-refractivity contribution >= 4 is 44.0 Å². The molecule has 0 saturated heterocycles. The standard InChI is InChI=1S/C39H36N2O8S2/c1-39(2)31-24-25(40-38(43)49-37-28-14-5-3-12-26(28)27-13-4-6-15-29(27)37)20-21-32(31)41(22-11-23-50(44,45)46)35(39)19-10-9-18-34-36(42)30-16-7-8-17-33(30)51(34,47)48/h3-10,12-21,24,37,47-48H,11,22-23H2,1-2H3,(H,40,43)(H,44,45,46). The number of carbonyl (C=O) groups is 2. The third-order valence-electron chi connectivity index (χ3n) is 9.51. The molecule has 4 N–H and O–H groups in total. The number of ketones is 1. The molecule has 0 bridgehead atoms. The first-order chi connectivity index (χ1) is 24.3. The van der Waals surface area contributed by atoms with Crippen molar-refractivity contribution in [3.8, 4) is 11.1 Å². The Kier molecular flexibility index (Phi) is 8.76. The SMILES string of the molecule is CC1(C)C(=CC=CC=C2C(=O)c3ccccc3S2(O)O)N(CCCS(=O)(=O)O)c2ccc(NC(=O)OC3c4ccccc4-c4ccccc43)cc21. The molecule has 2 aliphatic heterocycles. The van der Waals surface area contributed by atoms with Crippen LogP contribution in [-0.2, 0) is 20.3 Å². The molecule has 0 radical (unpaired) electrons. The van der Waals surface area contributed by atoms with E-state index < -0.39 is 49.9 Å².